The molecule has 0 amide bonds. The molecule has 2 rings (SSSR count). The van der Waals surface area contributed by atoms with Gasteiger partial charge in [-0.15, -0.1) is 0 Å². The second-order valence-electron chi connectivity index (χ2n) is 8.66. The topological polar surface area (TPSA) is 67.8 Å². The van der Waals surface area contributed by atoms with E-state index < -0.39 is 46.1 Å². The highest BCUT2D eigenvalue weighted by Gasteiger charge is 2.50. The minimum atomic E-state index is -4.93. The van der Waals surface area contributed by atoms with Crippen LogP contribution < -0.4 is 4.72 Å². The van der Waals surface area contributed by atoms with Crippen molar-refractivity contribution in [3.63, 3.8) is 0 Å². The molecule has 0 radical (unpaired) electrons. The highest BCUT2D eigenvalue weighted by atomic mass is 32.2. The molecule has 180 valence electrons. The van der Waals surface area contributed by atoms with E-state index in [1.165, 1.54) is 34.6 Å². The molecule has 0 aliphatic carbocycles. The Kier molecular flexibility index (Phi) is 8.97. The van der Waals surface area contributed by atoms with Gasteiger partial charge in [0, 0.05) is 11.1 Å². The third kappa shape index (κ3) is 7.78. The van der Waals surface area contributed by atoms with Crippen molar-refractivity contribution < 1.29 is 26.9 Å². The summed E-state index contributed by atoms with van der Waals surface area (Å²) in [5.74, 6) is -1.16. The van der Waals surface area contributed by atoms with Crippen LogP contribution in [0.2, 0.25) is 0 Å². The second kappa shape index (κ2) is 11.1. The monoisotopic (exact) mass is 482 g/mol. The van der Waals surface area contributed by atoms with E-state index in [9.17, 15) is 22.2 Å². The van der Waals surface area contributed by atoms with Crippen LogP contribution >= 0.6 is 0 Å². The first-order valence-corrected chi connectivity index (χ1v) is 11.6. The average Bonchev–Trinajstić information content (AvgIpc) is 2.72. The van der Waals surface area contributed by atoms with E-state index in [1.807, 2.05) is 0 Å². The zero-order valence-electron chi connectivity index (χ0n) is 19.2. The summed E-state index contributed by atoms with van der Waals surface area (Å²) >= 11 is 0. The summed E-state index contributed by atoms with van der Waals surface area (Å²) in [7, 11) is -2.11. The quantitative estimate of drug-likeness (QED) is 0.433. The molecule has 33 heavy (non-hydrogen) atoms. The van der Waals surface area contributed by atoms with Crippen LogP contribution in [0.15, 0.2) is 65.7 Å². The third-order valence-electron chi connectivity index (χ3n) is 4.41. The van der Waals surface area contributed by atoms with Crippen molar-refractivity contribution in [2.24, 2.45) is 4.99 Å². The highest BCUT2D eigenvalue weighted by Crippen LogP contribution is 2.28. The Morgan fingerprint density at radius 1 is 0.939 bits per heavy atom. The molecule has 9 heteroatoms. The van der Waals surface area contributed by atoms with Gasteiger partial charge in [-0.25, -0.2) is 13.7 Å². The normalized spacial score (nSPS) is 14.9. The number of benzene rings is 2. The number of carbonyl (C=O) groups is 1. The number of alkyl halides is 3. The predicted molar refractivity (Wildman–Crippen MR) is 124 cm³/mol. The van der Waals surface area contributed by atoms with Crippen LogP contribution in [-0.2, 0) is 20.5 Å². The molecule has 5 nitrogen and oxygen atoms in total. The fraction of sp³-hybridized carbons (Fsp3) is 0.417. The minimum absolute atomic E-state index is 0.194. The Balaban J connectivity index is 2.70. The zero-order chi connectivity index (χ0) is 24.8. The van der Waals surface area contributed by atoms with Gasteiger partial charge in [-0.05, 0) is 34.6 Å². The van der Waals surface area contributed by atoms with Gasteiger partial charge in [0.1, 0.15) is 6.04 Å². The van der Waals surface area contributed by atoms with E-state index in [0.717, 1.165) is 0 Å². The lowest BCUT2D eigenvalue weighted by atomic mass is 10.0. The van der Waals surface area contributed by atoms with E-state index in [4.69, 9.17) is 4.74 Å². The van der Waals surface area contributed by atoms with Crippen LogP contribution in [0.1, 0.15) is 45.7 Å². The van der Waals surface area contributed by atoms with Gasteiger partial charge < -0.3 is 4.74 Å². The Morgan fingerprint density at radius 3 is 1.76 bits per heavy atom. The van der Waals surface area contributed by atoms with E-state index in [-0.39, 0.29) is 5.71 Å². The van der Waals surface area contributed by atoms with Crippen LogP contribution in [0.4, 0.5) is 13.2 Å². The number of nitrogens with one attached hydrogen (secondary N) is 1. The van der Waals surface area contributed by atoms with Gasteiger partial charge in [-0.2, -0.15) is 13.2 Å². The SMILES string of the molecule is CC(C)OC(=O)[C@@H](N=C(c1ccccc1)c1ccccc1)[C@H](NS(=O)C(C)(C)C)C(F)(F)F. The van der Waals surface area contributed by atoms with Crippen molar-refractivity contribution in [3.05, 3.63) is 71.8 Å². The van der Waals surface area contributed by atoms with Crippen LogP contribution in [0, 0.1) is 0 Å². The van der Waals surface area contributed by atoms with Crippen molar-refractivity contribution in [2.45, 2.75) is 63.7 Å². The number of halogens is 3. The number of rotatable bonds is 8. The third-order valence-corrected chi connectivity index (χ3v) is 5.99. The van der Waals surface area contributed by atoms with Crippen LogP contribution in [0.25, 0.3) is 0 Å². The summed E-state index contributed by atoms with van der Waals surface area (Å²) in [5, 5.41) is 0. The first-order valence-electron chi connectivity index (χ1n) is 10.4. The fourth-order valence-corrected chi connectivity index (χ4v) is 3.66. The lowest BCUT2D eigenvalue weighted by Crippen LogP contribution is -2.56. The van der Waals surface area contributed by atoms with Gasteiger partial charge in [0.2, 0.25) is 0 Å². The molecule has 2 aromatic rings. The molecule has 0 saturated heterocycles. The van der Waals surface area contributed by atoms with Crippen LogP contribution in [0.5, 0.6) is 0 Å². The van der Waals surface area contributed by atoms with E-state index in [2.05, 4.69) is 9.71 Å². The second-order valence-corrected chi connectivity index (χ2v) is 10.7. The van der Waals surface area contributed by atoms with Crippen molar-refractivity contribution in [1.82, 2.24) is 4.72 Å². The first kappa shape index (κ1) is 26.7. The van der Waals surface area contributed by atoms with Crippen molar-refractivity contribution >= 4 is 22.7 Å². The summed E-state index contributed by atoms with van der Waals surface area (Å²) in [4.78, 5) is 17.2. The first-order chi connectivity index (χ1) is 15.3. The predicted octanol–water partition coefficient (Wildman–Crippen LogP) is 4.83. The molecule has 0 bridgehead atoms. The highest BCUT2D eigenvalue weighted by molar-refractivity contribution is 7.84. The van der Waals surface area contributed by atoms with Gasteiger partial charge in [0.15, 0.2) is 6.04 Å². The number of nitrogens with zero attached hydrogens (tertiary/aromatic N) is 1. The fourth-order valence-electron chi connectivity index (χ4n) is 2.81. The molecule has 1 unspecified atom stereocenters. The molecule has 1 N–H and O–H groups in total. The number of hydrogen-bond acceptors (Lipinski definition) is 4. The summed E-state index contributed by atoms with van der Waals surface area (Å²) in [5.41, 5.74) is 1.26. The molecule has 0 spiro atoms. The van der Waals surface area contributed by atoms with Crippen LogP contribution in [-0.4, -0.2) is 45.0 Å². The van der Waals surface area contributed by atoms with Gasteiger partial charge in [-0.3, -0.25) is 4.99 Å². The molecule has 0 heterocycles. The van der Waals surface area contributed by atoms with E-state index in [1.54, 1.807) is 60.7 Å². The molecular formula is C24H29F3N2O3S. The number of carbonyl (C=O) groups excluding carboxylic acids is 1. The Bertz CT molecular complexity index is 930. The maximum Gasteiger partial charge on any atom is 0.407 e. The van der Waals surface area contributed by atoms with Crippen molar-refractivity contribution in [3.8, 4) is 0 Å². The van der Waals surface area contributed by atoms with Crippen molar-refractivity contribution in [2.75, 3.05) is 0 Å². The summed E-state index contributed by atoms with van der Waals surface area (Å²) in [6.07, 6.45) is -5.59. The number of ether oxygens (including phenoxy) is 1. The standard InChI is InChI=1S/C24H29F3N2O3S/c1-16(2)32-22(30)20(21(24(25,26)27)29-33(31)23(3,4)5)28-19(17-12-8-6-9-13-17)18-14-10-7-11-15-18/h6-16,20-21,29H,1-5H3/t20-,21-,33?/m0/s1. The number of hydrogen-bond donors (Lipinski definition) is 1. The molecule has 0 fully saturated rings. The summed E-state index contributed by atoms with van der Waals surface area (Å²) < 4.78 is 61.4. The molecule has 0 aromatic heterocycles. The Hall–Kier alpha value is -2.52. The molecule has 0 saturated carbocycles. The average molecular weight is 483 g/mol. The smallest absolute Gasteiger partial charge is 0.407 e. The van der Waals surface area contributed by atoms with E-state index in [0.29, 0.717) is 11.1 Å². The van der Waals surface area contributed by atoms with Crippen LogP contribution in [0.3, 0.4) is 0 Å². The van der Waals surface area contributed by atoms with Gasteiger partial charge in [0.05, 0.1) is 27.5 Å². The molecule has 0 aliphatic rings. The molecular weight excluding hydrogens is 453 g/mol. The largest absolute Gasteiger partial charge is 0.461 e. The van der Waals surface area contributed by atoms with E-state index >= 15 is 0 Å². The number of aliphatic imine (C=N–C) groups is 1. The summed E-state index contributed by atoms with van der Waals surface area (Å²) in [6, 6.07) is 12.7. The maximum atomic E-state index is 14.2. The van der Waals surface area contributed by atoms with Gasteiger partial charge in [0.25, 0.3) is 0 Å². The Labute approximate surface area is 195 Å². The Morgan fingerprint density at radius 2 is 1.39 bits per heavy atom. The minimum Gasteiger partial charge on any atom is -0.461 e. The maximum absolute atomic E-state index is 14.2. The lowest BCUT2D eigenvalue weighted by molar-refractivity contribution is -0.172. The zero-order valence-corrected chi connectivity index (χ0v) is 20.0. The summed E-state index contributed by atoms with van der Waals surface area (Å²) in [6.45, 7) is 7.68. The van der Waals surface area contributed by atoms with Gasteiger partial charge >= 0.3 is 12.1 Å². The lowest BCUT2D eigenvalue weighted by Gasteiger charge is -2.29. The van der Waals surface area contributed by atoms with Crippen molar-refractivity contribution in [1.29, 1.82) is 0 Å². The molecule has 3 atom stereocenters. The molecule has 0 aliphatic heterocycles. The molecule has 2 aromatic carbocycles. The number of esters is 1. The van der Waals surface area contributed by atoms with Gasteiger partial charge in [-0.1, -0.05) is 60.7 Å².